The molecule has 22 heavy (non-hydrogen) atoms. The van der Waals surface area contributed by atoms with Gasteiger partial charge in [0.2, 0.25) is 10.9 Å². The Labute approximate surface area is 132 Å². The molecule has 1 amide bonds. The van der Waals surface area contributed by atoms with Crippen LogP contribution in [0.5, 0.6) is 0 Å². The lowest BCUT2D eigenvalue weighted by molar-refractivity contribution is -0.117. The van der Waals surface area contributed by atoms with E-state index in [-0.39, 0.29) is 5.91 Å². The summed E-state index contributed by atoms with van der Waals surface area (Å²) >= 11 is 1.55. The molecule has 0 aliphatic heterocycles. The maximum absolute atomic E-state index is 12.1. The number of carbonyl (C=O) groups is 1. The van der Waals surface area contributed by atoms with Gasteiger partial charge in [-0.3, -0.25) is 4.79 Å². The highest BCUT2D eigenvalue weighted by Gasteiger charge is 2.07. The van der Waals surface area contributed by atoms with Gasteiger partial charge in [-0.1, -0.05) is 30.3 Å². The third kappa shape index (κ3) is 3.23. The van der Waals surface area contributed by atoms with Crippen molar-refractivity contribution in [2.24, 2.45) is 0 Å². The van der Waals surface area contributed by atoms with Crippen molar-refractivity contribution in [2.45, 2.75) is 13.3 Å². The molecule has 0 saturated carbocycles. The van der Waals surface area contributed by atoms with Crippen LogP contribution in [0.15, 0.2) is 47.6 Å². The maximum atomic E-state index is 12.1. The maximum Gasteiger partial charge on any atom is 0.246 e. The minimum Gasteiger partial charge on any atom is -0.352 e. The molecule has 3 rings (SSSR count). The number of hydrogen-bond donors (Lipinski definition) is 1. The lowest BCUT2D eigenvalue weighted by atomic mass is 10.1. The van der Waals surface area contributed by atoms with Crippen LogP contribution in [0, 0.1) is 0 Å². The summed E-state index contributed by atoms with van der Waals surface area (Å²) in [4.78, 5) is 17.1. The molecule has 3 aromatic rings. The van der Waals surface area contributed by atoms with E-state index in [0.717, 1.165) is 22.6 Å². The van der Waals surface area contributed by atoms with Crippen molar-refractivity contribution < 1.29 is 4.79 Å². The summed E-state index contributed by atoms with van der Waals surface area (Å²) in [5.74, 6) is -0.0473. The van der Waals surface area contributed by atoms with Crippen LogP contribution >= 0.6 is 11.3 Å². The summed E-state index contributed by atoms with van der Waals surface area (Å²) in [6, 6.07) is 9.82. The van der Waals surface area contributed by atoms with Gasteiger partial charge in [-0.15, -0.1) is 11.3 Å². The number of benzene rings is 1. The second kappa shape index (κ2) is 6.53. The molecular weight excluding hydrogens is 296 g/mol. The van der Waals surface area contributed by atoms with Crippen LogP contribution in [0.1, 0.15) is 18.2 Å². The summed E-state index contributed by atoms with van der Waals surface area (Å²) in [6.07, 6.45) is 4.16. The lowest BCUT2D eigenvalue weighted by Gasteiger charge is -2.05. The molecule has 1 aromatic carbocycles. The van der Waals surface area contributed by atoms with Gasteiger partial charge < -0.3 is 5.32 Å². The second-order valence-corrected chi connectivity index (χ2v) is 5.76. The van der Waals surface area contributed by atoms with Crippen LogP contribution in [-0.2, 0) is 11.2 Å². The molecule has 0 bridgehead atoms. The normalized spacial score (nSPS) is 11.8. The predicted molar refractivity (Wildman–Crippen MR) is 87.7 cm³/mol. The number of thiazole rings is 1. The van der Waals surface area contributed by atoms with Crippen molar-refractivity contribution in [2.75, 3.05) is 6.54 Å². The van der Waals surface area contributed by atoms with Crippen molar-refractivity contribution in [3.8, 4) is 0 Å². The Morgan fingerprint density at radius 2 is 2.18 bits per heavy atom. The van der Waals surface area contributed by atoms with E-state index in [4.69, 9.17) is 0 Å². The van der Waals surface area contributed by atoms with Crippen molar-refractivity contribution in [1.82, 2.24) is 19.9 Å². The van der Waals surface area contributed by atoms with Gasteiger partial charge in [0.1, 0.15) is 6.33 Å². The number of rotatable bonds is 5. The quantitative estimate of drug-likeness (QED) is 0.737. The SMILES string of the molecule is C/C(=C\c1ccccc1)C(=O)NCCc1csc2ncnn12. The first-order chi connectivity index (χ1) is 10.7. The first kappa shape index (κ1) is 14.5. The molecule has 0 spiro atoms. The van der Waals surface area contributed by atoms with Gasteiger partial charge in [0.05, 0.1) is 5.69 Å². The highest BCUT2D eigenvalue weighted by atomic mass is 32.1. The first-order valence-electron chi connectivity index (χ1n) is 7.01. The topological polar surface area (TPSA) is 59.3 Å². The minimum absolute atomic E-state index is 0.0473. The van der Waals surface area contributed by atoms with Crippen LogP contribution in [0.3, 0.4) is 0 Å². The van der Waals surface area contributed by atoms with Crippen LogP contribution < -0.4 is 5.32 Å². The van der Waals surface area contributed by atoms with Crippen LogP contribution in [-0.4, -0.2) is 27.0 Å². The monoisotopic (exact) mass is 312 g/mol. The van der Waals surface area contributed by atoms with Crippen LogP contribution in [0.25, 0.3) is 11.0 Å². The molecule has 0 radical (unpaired) electrons. The Kier molecular flexibility index (Phi) is 4.29. The van der Waals surface area contributed by atoms with Gasteiger partial charge >= 0.3 is 0 Å². The Morgan fingerprint density at radius 1 is 1.36 bits per heavy atom. The zero-order chi connectivity index (χ0) is 15.4. The molecule has 0 atom stereocenters. The molecule has 0 saturated heterocycles. The summed E-state index contributed by atoms with van der Waals surface area (Å²) in [7, 11) is 0. The minimum atomic E-state index is -0.0473. The number of aromatic nitrogens is 3. The van der Waals surface area contributed by atoms with E-state index in [0.29, 0.717) is 12.1 Å². The fourth-order valence-electron chi connectivity index (χ4n) is 2.15. The van der Waals surface area contributed by atoms with E-state index < -0.39 is 0 Å². The van der Waals surface area contributed by atoms with E-state index in [1.54, 1.807) is 17.7 Å². The summed E-state index contributed by atoms with van der Waals surface area (Å²) < 4.78 is 1.81. The number of fused-ring (bicyclic) bond motifs is 1. The average Bonchev–Trinajstić information content (AvgIpc) is 3.12. The molecule has 0 fully saturated rings. The molecular formula is C16H16N4OS. The molecule has 112 valence electrons. The molecule has 0 aliphatic carbocycles. The van der Waals surface area contributed by atoms with Crippen LogP contribution in [0.4, 0.5) is 0 Å². The molecule has 5 nitrogen and oxygen atoms in total. The number of hydrogen-bond acceptors (Lipinski definition) is 4. The Morgan fingerprint density at radius 3 is 3.00 bits per heavy atom. The molecule has 2 aromatic heterocycles. The molecule has 0 aliphatic rings. The predicted octanol–water partition coefficient (Wildman–Crippen LogP) is 2.55. The van der Waals surface area contributed by atoms with Gasteiger partial charge in [-0.05, 0) is 18.6 Å². The van der Waals surface area contributed by atoms with E-state index in [2.05, 4.69) is 15.4 Å². The third-order valence-corrected chi connectivity index (χ3v) is 4.18. The second-order valence-electron chi connectivity index (χ2n) is 4.93. The Hall–Kier alpha value is -2.47. The molecule has 0 unspecified atom stereocenters. The fraction of sp³-hybridized carbons (Fsp3) is 0.188. The van der Waals surface area contributed by atoms with E-state index >= 15 is 0 Å². The fourth-order valence-corrected chi connectivity index (χ4v) is 2.98. The van der Waals surface area contributed by atoms with E-state index in [1.807, 2.05) is 53.2 Å². The van der Waals surface area contributed by atoms with Gasteiger partial charge in [-0.2, -0.15) is 5.10 Å². The lowest BCUT2D eigenvalue weighted by Crippen LogP contribution is -2.26. The molecule has 6 heteroatoms. The Bertz CT molecular complexity index is 804. The highest BCUT2D eigenvalue weighted by molar-refractivity contribution is 7.15. The van der Waals surface area contributed by atoms with Crippen molar-refractivity contribution in [1.29, 1.82) is 0 Å². The zero-order valence-corrected chi connectivity index (χ0v) is 13.0. The number of nitrogens with one attached hydrogen (secondary N) is 1. The number of nitrogens with zero attached hydrogens (tertiary/aromatic N) is 3. The summed E-state index contributed by atoms with van der Waals surface area (Å²) in [5, 5.41) is 9.11. The Balaban J connectivity index is 1.56. The third-order valence-electron chi connectivity index (χ3n) is 3.30. The summed E-state index contributed by atoms with van der Waals surface area (Å²) in [6.45, 7) is 2.40. The largest absolute Gasteiger partial charge is 0.352 e. The highest BCUT2D eigenvalue weighted by Crippen LogP contribution is 2.12. The van der Waals surface area contributed by atoms with Gasteiger partial charge in [0, 0.05) is 23.9 Å². The van der Waals surface area contributed by atoms with E-state index in [9.17, 15) is 4.79 Å². The van der Waals surface area contributed by atoms with Crippen molar-refractivity contribution in [3.63, 3.8) is 0 Å². The van der Waals surface area contributed by atoms with Crippen molar-refractivity contribution in [3.05, 3.63) is 58.9 Å². The smallest absolute Gasteiger partial charge is 0.246 e. The van der Waals surface area contributed by atoms with Gasteiger partial charge in [-0.25, -0.2) is 9.50 Å². The van der Waals surface area contributed by atoms with Gasteiger partial charge in [0.15, 0.2) is 0 Å². The standard InChI is InChI=1S/C16H16N4OS/c1-12(9-13-5-3-2-4-6-13)15(21)17-8-7-14-10-22-16-18-11-19-20(14)16/h2-6,9-11H,7-8H2,1H3,(H,17,21)/b12-9+. The van der Waals surface area contributed by atoms with E-state index in [1.165, 1.54) is 0 Å². The average molecular weight is 312 g/mol. The number of carbonyl (C=O) groups excluding carboxylic acids is 1. The zero-order valence-electron chi connectivity index (χ0n) is 12.2. The molecule has 2 heterocycles. The van der Waals surface area contributed by atoms with Gasteiger partial charge in [0.25, 0.3) is 0 Å². The first-order valence-corrected chi connectivity index (χ1v) is 7.89. The van der Waals surface area contributed by atoms with Crippen molar-refractivity contribution >= 4 is 28.3 Å². The molecule has 1 N–H and O–H groups in total. The summed E-state index contributed by atoms with van der Waals surface area (Å²) in [5.41, 5.74) is 2.78. The number of amides is 1. The van der Waals surface area contributed by atoms with Crippen LogP contribution in [0.2, 0.25) is 0 Å².